The molecule has 0 aliphatic carbocycles. The van der Waals surface area contributed by atoms with Crippen LogP contribution < -0.4 is 5.32 Å². The maximum absolute atomic E-state index is 3.39. The molecule has 2 heterocycles. The summed E-state index contributed by atoms with van der Waals surface area (Å²) in [5.74, 6) is 0. The standard InChI is InChI=1S/C15H20N2/c1-2-4-15-12-17(10-7-14(15)3-1)9-6-13-5-8-16-11-13/h1-4,6,16H,5,7-12H2/b13-6+. The van der Waals surface area contributed by atoms with Crippen molar-refractivity contribution in [3.05, 3.63) is 47.0 Å². The van der Waals surface area contributed by atoms with Gasteiger partial charge in [-0.15, -0.1) is 0 Å². The van der Waals surface area contributed by atoms with Crippen LogP contribution in [0.5, 0.6) is 0 Å². The third-order valence-electron chi connectivity index (χ3n) is 3.82. The van der Waals surface area contributed by atoms with Crippen LogP contribution in [0.2, 0.25) is 0 Å². The molecule has 0 saturated carbocycles. The van der Waals surface area contributed by atoms with Crippen molar-refractivity contribution in [2.45, 2.75) is 19.4 Å². The highest BCUT2D eigenvalue weighted by Gasteiger charge is 2.14. The van der Waals surface area contributed by atoms with Gasteiger partial charge in [0.1, 0.15) is 0 Å². The van der Waals surface area contributed by atoms with Gasteiger partial charge in [0.2, 0.25) is 0 Å². The zero-order valence-corrected chi connectivity index (χ0v) is 10.3. The Hall–Kier alpha value is -1.12. The topological polar surface area (TPSA) is 15.3 Å². The van der Waals surface area contributed by atoms with E-state index in [1.165, 1.54) is 24.9 Å². The number of hydrogen-bond acceptors (Lipinski definition) is 2. The number of fused-ring (bicyclic) bond motifs is 1. The van der Waals surface area contributed by atoms with Gasteiger partial charge in [0.15, 0.2) is 0 Å². The summed E-state index contributed by atoms with van der Waals surface area (Å²) in [5.41, 5.74) is 4.64. The van der Waals surface area contributed by atoms with E-state index in [0.717, 1.165) is 26.2 Å². The van der Waals surface area contributed by atoms with E-state index >= 15 is 0 Å². The van der Waals surface area contributed by atoms with E-state index in [2.05, 4.69) is 40.6 Å². The lowest BCUT2D eigenvalue weighted by atomic mass is 10.00. The van der Waals surface area contributed by atoms with Crippen LogP contribution in [-0.4, -0.2) is 31.1 Å². The number of hydrogen-bond donors (Lipinski definition) is 1. The molecule has 2 nitrogen and oxygen atoms in total. The fourth-order valence-electron chi connectivity index (χ4n) is 2.73. The lowest BCUT2D eigenvalue weighted by Gasteiger charge is -2.27. The molecule has 0 bridgehead atoms. The van der Waals surface area contributed by atoms with Gasteiger partial charge < -0.3 is 5.32 Å². The normalized spacial score (nSPS) is 22.9. The number of rotatable bonds is 2. The van der Waals surface area contributed by atoms with Crippen LogP contribution >= 0.6 is 0 Å². The highest BCUT2D eigenvalue weighted by molar-refractivity contribution is 5.29. The Morgan fingerprint density at radius 3 is 2.88 bits per heavy atom. The van der Waals surface area contributed by atoms with Crippen LogP contribution in [0.4, 0.5) is 0 Å². The Labute approximate surface area is 103 Å². The fraction of sp³-hybridized carbons (Fsp3) is 0.467. The molecule has 0 amide bonds. The summed E-state index contributed by atoms with van der Waals surface area (Å²) in [4.78, 5) is 2.55. The van der Waals surface area contributed by atoms with E-state index in [0.29, 0.717) is 0 Å². The Morgan fingerprint density at radius 2 is 2.06 bits per heavy atom. The predicted octanol–water partition coefficient (Wildman–Crippen LogP) is 1.96. The van der Waals surface area contributed by atoms with Crippen molar-refractivity contribution in [2.24, 2.45) is 0 Å². The quantitative estimate of drug-likeness (QED) is 0.779. The van der Waals surface area contributed by atoms with Gasteiger partial charge in [-0.1, -0.05) is 35.9 Å². The SMILES string of the molecule is C(/CN1CCc2ccccc2C1)=C1/CCNC1. The summed E-state index contributed by atoms with van der Waals surface area (Å²) in [6.07, 6.45) is 4.87. The number of nitrogens with zero attached hydrogens (tertiary/aromatic N) is 1. The van der Waals surface area contributed by atoms with E-state index in [4.69, 9.17) is 0 Å². The molecule has 0 unspecified atom stereocenters. The first kappa shape index (κ1) is 11.0. The Balaban J connectivity index is 1.62. The average molecular weight is 228 g/mol. The molecule has 17 heavy (non-hydrogen) atoms. The van der Waals surface area contributed by atoms with Crippen molar-refractivity contribution in [2.75, 3.05) is 26.2 Å². The van der Waals surface area contributed by atoms with Gasteiger partial charge in [-0.05, 0) is 30.5 Å². The number of nitrogens with one attached hydrogen (secondary N) is 1. The van der Waals surface area contributed by atoms with Crippen molar-refractivity contribution in [3.8, 4) is 0 Å². The third kappa shape index (κ3) is 2.59. The fourth-order valence-corrected chi connectivity index (χ4v) is 2.73. The van der Waals surface area contributed by atoms with Crippen LogP contribution in [-0.2, 0) is 13.0 Å². The van der Waals surface area contributed by atoms with Crippen molar-refractivity contribution in [1.82, 2.24) is 10.2 Å². The molecule has 1 saturated heterocycles. The molecule has 0 spiro atoms. The summed E-state index contributed by atoms with van der Waals surface area (Å²) in [5, 5.41) is 3.39. The molecule has 1 aromatic carbocycles. The third-order valence-corrected chi connectivity index (χ3v) is 3.82. The predicted molar refractivity (Wildman–Crippen MR) is 71.0 cm³/mol. The van der Waals surface area contributed by atoms with Crippen molar-refractivity contribution in [1.29, 1.82) is 0 Å². The highest BCUT2D eigenvalue weighted by atomic mass is 15.1. The second-order valence-corrected chi connectivity index (χ2v) is 5.04. The van der Waals surface area contributed by atoms with Gasteiger partial charge in [-0.3, -0.25) is 4.90 Å². The van der Waals surface area contributed by atoms with Crippen LogP contribution in [0.3, 0.4) is 0 Å². The smallest absolute Gasteiger partial charge is 0.0239 e. The largest absolute Gasteiger partial charge is 0.313 e. The van der Waals surface area contributed by atoms with Gasteiger partial charge >= 0.3 is 0 Å². The maximum Gasteiger partial charge on any atom is 0.0239 e. The molecule has 0 aromatic heterocycles. The molecular formula is C15H20N2. The first-order chi connectivity index (χ1) is 8.42. The zero-order valence-electron chi connectivity index (χ0n) is 10.3. The second kappa shape index (κ2) is 5.03. The van der Waals surface area contributed by atoms with E-state index in [9.17, 15) is 0 Å². The van der Waals surface area contributed by atoms with Gasteiger partial charge in [-0.2, -0.15) is 0 Å². The molecule has 1 N–H and O–H groups in total. The summed E-state index contributed by atoms with van der Waals surface area (Å²) in [7, 11) is 0. The summed E-state index contributed by atoms with van der Waals surface area (Å²) in [6.45, 7) is 5.70. The average Bonchev–Trinajstić information content (AvgIpc) is 2.89. The molecule has 0 atom stereocenters. The van der Waals surface area contributed by atoms with E-state index < -0.39 is 0 Å². The molecule has 90 valence electrons. The van der Waals surface area contributed by atoms with Crippen LogP contribution in [0, 0.1) is 0 Å². The lowest BCUT2D eigenvalue weighted by molar-refractivity contribution is 0.281. The Bertz CT molecular complexity index is 415. The second-order valence-electron chi connectivity index (χ2n) is 5.04. The molecule has 2 aliphatic heterocycles. The highest BCUT2D eigenvalue weighted by Crippen LogP contribution is 2.18. The van der Waals surface area contributed by atoms with Gasteiger partial charge in [0, 0.05) is 26.2 Å². The minimum absolute atomic E-state index is 1.10. The molecule has 1 fully saturated rings. The Kier molecular flexibility index (Phi) is 3.25. The van der Waals surface area contributed by atoms with Crippen LogP contribution in [0.1, 0.15) is 17.5 Å². The zero-order chi connectivity index (χ0) is 11.5. The molecule has 3 rings (SSSR count). The molecular weight excluding hydrogens is 208 g/mol. The summed E-state index contributed by atoms with van der Waals surface area (Å²) < 4.78 is 0. The minimum Gasteiger partial charge on any atom is -0.313 e. The van der Waals surface area contributed by atoms with Gasteiger partial charge in [0.05, 0.1) is 0 Å². The molecule has 2 aliphatic rings. The lowest BCUT2D eigenvalue weighted by Crippen LogP contribution is -2.30. The first-order valence-electron chi connectivity index (χ1n) is 6.59. The van der Waals surface area contributed by atoms with Crippen LogP contribution in [0.25, 0.3) is 0 Å². The maximum atomic E-state index is 3.39. The molecule has 0 radical (unpaired) electrons. The van der Waals surface area contributed by atoms with E-state index in [-0.39, 0.29) is 0 Å². The molecule has 2 heteroatoms. The monoisotopic (exact) mass is 228 g/mol. The first-order valence-corrected chi connectivity index (χ1v) is 6.59. The Morgan fingerprint density at radius 1 is 1.18 bits per heavy atom. The number of benzene rings is 1. The summed E-state index contributed by atoms with van der Waals surface area (Å²) in [6, 6.07) is 8.85. The van der Waals surface area contributed by atoms with Crippen molar-refractivity contribution < 1.29 is 0 Å². The van der Waals surface area contributed by atoms with Crippen molar-refractivity contribution >= 4 is 0 Å². The molecule has 1 aromatic rings. The van der Waals surface area contributed by atoms with Gasteiger partial charge in [-0.25, -0.2) is 0 Å². The minimum atomic E-state index is 1.10. The van der Waals surface area contributed by atoms with Crippen molar-refractivity contribution in [3.63, 3.8) is 0 Å². The van der Waals surface area contributed by atoms with E-state index in [1.807, 2.05) is 0 Å². The van der Waals surface area contributed by atoms with Crippen LogP contribution in [0.15, 0.2) is 35.9 Å². The summed E-state index contributed by atoms with van der Waals surface area (Å²) >= 11 is 0. The van der Waals surface area contributed by atoms with E-state index in [1.54, 1.807) is 11.1 Å². The van der Waals surface area contributed by atoms with Gasteiger partial charge in [0.25, 0.3) is 0 Å².